The van der Waals surface area contributed by atoms with E-state index in [0.29, 0.717) is 0 Å². The van der Waals surface area contributed by atoms with Crippen LogP contribution in [0, 0.1) is 0 Å². The lowest BCUT2D eigenvalue weighted by atomic mass is 10.1. The maximum Gasteiger partial charge on any atom is -0.0348 e. The van der Waals surface area contributed by atoms with E-state index in [2.05, 4.69) is 38.2 Å². The van der Waals surface area contributed by atoms with Gasteiger partial charge in [0.25, 0.3) is 0 Å². The molecule has 82 valence electrons. The first-order chi connectivity index (χ1) is 6.91. The molecule has 0 amide bonds. The summed E-state index contributed by atoms with van der Waals surface area (Å²) in [6.07, 6.45) is 19.5. The van der Waals surface area contributed by atoms with Crippen LogP contribution < -0.4 is 0 Å². The molecule has 0 atom stereocenters. The lowest BCUT2D eigenvalue weighted by molar-refractivity contribution is 0.674. The van der Waals surface area contributed by atoms with Gasteiger partial charge in [-0.25, -0.2) is 0 Å². The van der Waals surface area contributed by atoms with Crippen molar-refractivity contribution in [1.29, 1.82) is 0 Å². The largest absolute Gasteiger partial charge is 0.0845 e. The molecule has 0 rings (SSSR count). The average Bonchev–Trinajstić information content (AvgIpc) is 2.21. The second-order valence-electron chi connectivity index (χ2n) is 3.85. The first-order valence-electron chi connectivity index (χ1n) is 6.23. The number of unbranched alkanes of at least 4 members (excludes halogenated alkanes) is 6. The zero-order valence-electron chi connectivity index (χ0n) is 9.97. The Kier molecular flexibility index (Phi) is 12.0. The molecule has 0 aromatic heterocycles. The van der Waals surface area contributed by atoms with Gasteiger partial charge in [-0.2, -0.15) is 0 Å². The summed E-state index contributed by atoms with van der Waals surface area (Å²) in [4.78, 5) is 0. The molecule has 0 saturated heterocycles. The molecule has 0 aliphatic rings. The first kappa shape index (κ1) is 13.5. The minimum atomic E-state index is 1.23. The molecule has 0 spiro atoms. The average molecular weight is 194 g/mol. The van der Waals surface area contributed by atoms with E-state index in [1.54, 1.807) is 0 Å². The molecule has 0 aromatic carbocycles. The van der Waals surface area contributed by atoms with E-state index < -0.39 is 0 Å². The summed E-state index contributed by atoms with van der Waals surface area (Å²) in [5.41, 5.74) is 0. The highest BCUT2D eigenvalue weighted by Crippen LogP contribution is 2.03. The lowest BCUT2D eigenvalue weighted by Crippen LogP contribution is -1.73. The van der Waals surface area contributed by atoms with Gasteiger partial charge in [-0.15, -0.1) is 0 Å². The van der Waals surface area contributed by atoms with Crippen LogP contribution in [0.1, 0.15) is 65.2 Å². The van der Waals surface area contributed by atoms with Crippen molar-refractivity contribution in [2.45, 2.75) is 65.2 Å². The van der Waals surface area contributed by atoms with E-state index in [1.165, 1.54) is 51.4 Å². The summed E-state index contributed by atoms with van der Waals surface area (Å²) >= 11 is 0. The van der Waals surface area contributed by atoms with Crippen molar-refractivity contribution in [2.75, 3.05) is 0 Å². The molecule has 0 radical (unpaired) electrons. The van der Waals surface area contributed by atoms with E-state index in [0.717, 1.165) is 0 Å². The molecule has 14 heavy (non-hydrogen) atoms. The molecular formula is C14H26. The van der Waals surface area contributed by atoms with Gasteiger partial charge in [-0.1, -0.05) is 70.3 Å². The summed E-state index contributed by atoms with van der Waals surface area (Å²) in [7, 11) is 0. The Labute approximate surface area is 90.1 Å². The number of hydrogen-bond acceptors (Lipinski definition) is 0. The molecule has 0 saturated carbocycles. The quantitative estimate of drug-likeness (QED) is 0.347. The van der Waals surface area contributed by atoms with Crippen LogP contribution in [0.15, 0.2) is 24.3 Å². The lowest BCUT2D eigenvalue weighted by Gasteiger charge is -1.93. The Morgan fingerprint density at radius 3 is 1.79 bits per heavy atom. The summed E-state index contributed by atoms with van der Waals surface area (Å²) < 4.78 is 0. The SMILES string of the molecule is CCCC/C=C/C=C/CCCCCC. The molecule has 0 aliphatic heterocycles. The summed E-state index contributed by atoms with van der Waals surface area (Å²) in [5.74, 6) is 0. The van der Waals surface area contributed by atoms with Crippen molar-refractivity contribution in [1.82, 2.24) is 0 Å². The predicted octanol–water partition coefficient (Wildman–Crippen LogP) is 5.26. The zero-order valence-corrected chi connectivity index (χ0v) is 9.97. The molecule has 0 bridgehead atoms. The second kappa shape index (κ2) is 12.5. The van der Waals surface area contributed by atoms with Gasteiger partial charge in [0.15, 0.2) is 0 Å². The van der Waals surface area contributed by atoms with Crippen LogP contribution in [-0.4, -0.2) is 0 Å². The van der Waals surface area contributed by atoms with E-state index in [1.807, 2.05) is 0 Å². The van der Waals surface area contributed by atoms with Crippen molar-refractivity contribution in [3.63, 3.8) is 0 Å². The van der Waals surface area contributed by atoms with Crippen molar-refractivity contribution >= 4 is 0 Å². The van der Waals surface area contributed by atoms with E-state index in [-0.39, 0.29) is 0 Å². The minimum absolute atomic E-state index is 1.23. The maximum atomic E-state index is 2.29. The Morgan fingerprint density at radius 1 is 0.643 bits per heavy atom. The topological polar surface area (TPSA) is 0 Å². The van der Waals surface area contributed by atoms with Crippen LogP contribution in [0.25, 0.3) is 0 Å². The molecular weight excluding hydrogens is 168 g/mol. The molecule has 0 nitrogen and oxygen atoms in total. The number of allylic oxidation sites excluding steroid dienone is 4. The van der Waals surface area contributed by atoms with Crippen LogP contribution in [0.5, 0.6) is 0 Å². The Hall–Kier alpha value is -0.520. The molecule has 0 aliphatic carbocycles. The predicted molar refractivity (Wildman–Crippen MR) is 66.6 cm³/mol. The van der Waals surface area contributed by atoms with Crippen molar-refractivity contribution in [3.05, 3.63) is 24.3 Å². The van der Waals surface area contributed by atoms with E-state index in [4.69, 9.17) is 0 Å². The summed E-state index contributed by atoms with van der Waals surface area (Å²) in [6.45, 7) is 4.49. The molecule has 0 heteroatoms. The Morgan fingerprint density at radius 2 is 1.21 bits per heavy atom. The fourth-order valence-corrected chi connectivity index (χ4v) is 1.36. The van der Waals surface area contributed by atoms with Crippen molar-refractivity contribution < 1.29 is 0 Å². The van der Waals surface area contributed by atoms with Gasteiger partial charge in [0.1, 0.15) is 0 Å². The van der Waals surface area contributed by atoms with Crippen LogP contribution in [-0.2, 0) is 0 Å². The monoisotopic (exact) mass is 194 g/mol. The third kappa shape index (κ3) is 11.5. The van der Waals surface area contributed by atoms with Gasteiger partial charge in [-0.05, 0) is 19.3 Å². The van der Waals surface area contributed by atoms with Crippen LogP contribution in [0.4, 0.5) is 0 Å². The first-order valence-corrected chi connectivity index (χ1v) is 6.23. The van der Waals surface area contributed by atoms with Gasteiger partial charge < -0.3 is 0 Å². The van der Waals surface area contributed by atoms with Crippen LogP contribution >= 0.6 is 0 Å². The minimum Gasteiger partial charge on any atom is -0.0845 e. The van der Waals surface area contributed by atoms with Crippen molar-refractivity contribution in [2.24, 2.45) is 0 Å². The molecule has 0 fully saturated rings. The third-order valence-electron chi connectivity index (χ3n) is 2.33. The molecule has 0 unspecified atom stereocenters. The third-order valence-corrected chi connectivity index (χ3v) is 2.33. The standard InChI is InChI=1S/C14H26/c1-3-5-7-9-11-13-14-12-10-8-6-4-2/h9,11,13-14H,3-8,10,12H2,1-2H3/b11-9+,14-13+. The van der Waals surface area contributed by atoms with Crippen molar-refractivity contribution in [3.8, 4) is 0 Å². The highest BCUT2D eigenvalue weighted by Gasteiger charge is 1.83. The highest BCUT2D eigenvalue weighted by atomic mass is 13.9. The van der Waals surface area contributed by atoms with Gasteiger partial charge in [0.05, 0.1) is 0 Å². The van der Waals surface area contributed by atoms with E-state index >= 15 is 0 Å². The fraction of sp³-hybridized carbons (Fsp3) is 0.714. The second-order valence-corrected chi connectivity index (χ2v) is 3.85. The van der Waals surface area contributed by atoms with Crippen LogP contribution in [0.2, 0.25) is 0 Å². The van der Waals surface area contributed by atoms with Gasteiger partial charge in [0, 0.05) is 0 Å². The Balaban J connectivity index is 3.14. The van der Waals surface area contributed by atoms with Gasteiger partial charge >= 0.3 is 0 Å². The summed E-state index contributed by atoms with van der Waals surface area (Å²) in [6, 6.07) is 0. The number of rotatable bonds is 9. The number of hydrogen-bond donors (Lipinski definition) is 0. The maximum absolute atomic E-state index is 2.29. The van der Waals surface area contributed by atoms with E-state index in [9.17, 15) is 0 Å². The Bertz CT molecular complexity index is 142. The van der Waals surface area contributed by atoms with Gasteiger partial charge in [-0.3, -0.25) is 0 Å². The normalized spacial score (nSPS) is 11.9. The summed E-state index contributed by atoms with van der Waals surface area (Å²) in [5, 5.41) is 0. The molecule has 0 N–H and O–H groups in total. The fourth-order valence-electron chi connectivity index (χ4n) is 1.36. The zero-order chi connectivity index (χ0) is 10.5. The molecule has 0 aromatic rings. The van der Waals surface area contributed by atoms with Crippen LogP contribution in [0.3, 0.4) is 0 Å². The highest BCUT2D eigenvalue weighted by molar-refractivity contribution is 5.02. The smallest absolute Gasteiger partial charge is 0.0348 e. The van der Waals surface area contributed by atoms with Gasteiger partial charge in [0.2, 0.25) is 0 Å². The molecule has 0 heterocycles.